The lowest BCUT2D eigenvalue weighted by Gasteiger charge is -2.05. The van der Waals surface area contributed by atoms with Crippen molar-refractivity contribution in [3.63, 3.8) is 0 Å². The molecule has 11 heavy (non-hydrogen) atoms. The van der Waals surface area contributed by atoms with Gasteiger partial charge in [-0.3, -0.25) is 0 Å². The summed E-state index contributed by atoms with van der Waals surface area (Å²) in [6, 6.07) is 9.56. The minimum Gasteiger partial charge on any atom is -0.0767 e. The predicted octanol–water partition coefficient (Wildman–Crippen LogP) is 2.38. The second-order valence-electron chi connectivity index (χ2n) is 2.80. The molecule has 0 spiro atoms. The fraction of sp³-hybridized carbons (Fsp3) is 0.200. The van der Waals surface area contributed by atoms with Gasteiger partial charge in [-0.25, -0.2) is 0 Å². The van der Waals surface area contributed by atoms with Crippen LogP contribution in [0.1, 0.15) is 17.0 Å². The molecular weight excluding hydrogens is 148 g/mol. The molecule has 0 amide bonds. The monoisotopic (exact) mass is 157 g/mol. The number of fused-ring (bicyclic) bond motifs is 1. The van der Waals surface area contributed by atoms with Crippen molar-refractivity contribution in [2.24, 2.45) is 0 Å². The first-order chi connectivity index (χ1) is 5.42. The minimum atomic E-state index is 0.586. The van der Waals surface area contributed by atoms with Crippen LogP contribution in [0.3, 0.4) is 0 Å². The molecule has 1 atom stereocenters. The third-order valence-corrected chi connectivity index (χ3v) is 2.56. The van der Waals surface area contributed by atoms with E-state index >= 15 is 0 Å². The Labute approximate surface area is 70.4 Å². The van der Waals surface area contributed by atoms with E-state index in [1.165, 1.54) is 11.1 Å². The van der Waals surface area contributed by atoms with Gasteiger partial charge in [0.05, 0.1) is 0 Å². The molecule has 0 N–H and O–H groups in total. The summed E-state index contributed by atoms with van der Waals surface area (Å²) in [5.74, 6) is 0.586. The van der Waals surface area contributed by atoms with E-state index in [0.29, 0.717) is 5.92 Å². The first-order valence-corrected chi connectivity index (χ1v) is 4.54. The van der Waals surface area contributed by atoms with E-state index in [4.69, 9.17) is 0 Å². The Morgan fingerprint density at radius 2 is 2.09 bits per heavy atom. The van der Waals surface area contributed by atoms with Gasteiger partial charge in [-0.1, -0.05) is 42.5 Å². The standard InChI is InChI=1S/C10H9Si/c11-7-9-6-5-8-3-1-2-4-10(8)9/h1-6,9H,7H2. The molecule has 1 aromatic carbocycles. The molecule has 0 bridgehead atoms. The van der Waals surface area contributed by atoms with Crippen LogP contribution in [0.15, 0.2) is 30.3 Å². The molecule has 0 saturated heterocycles. The molecule has 1 unspecified atom stereocenters. The maximum Gasteiger partial charge on any atom is 0.0233 e. The second-order valence-corrected chi connectivity index (χ2v) is 3.21. The van der Waals surface area contributed by atoms with Crippen LogP contribution in [-0.2, 0) is 0 Å². The van der Waals surface area contributed by atoms with Crippen molar-refractivity contribution in [2.45, 2.75) is 12.0 Å². The van der Waals surface area contributed by atoms with Gasteiger partial charge in [0.25, 0.3) is 0 Å². The Balaban J connectivity index is 2.46. The van der Waals surface area contributed by atoms with Crippen molar-refractivity contribution in [3.05, 3.63) is 41.5 Å². The van der Waals surface area contributed by atoms with Gasteiger partial charge in [0.15, 0.2) is 0 Å². The molecule has 0 heterocycles. The molecule has 53 valence electrons. The third-order valence-electron chi connectivity index (χ3n) is 2.12. The average molecular weight is 157 g/mol. The van der Waals surface area contributed by atoms with Crippen molar-refractivity contribution in [1.82, 2.24) is 0 Å². The number of benzene rings is 1. The summed E-state index contributed by atoms with van der Waals surface area (Å²) in [7, 11) is 3.54. The van der Waals surface area contributed by atoms with Gasteiger partial charge in [0.2, 0.25) is 0 Å². The summed E-state index contributed by atoms with van der Waals surface area (Å²) in [5, 5.41) is 0. The summed E-state index contributed by atoms with van der Waals surface area (Å²) >= 11 is 0. The van der Waals surface area contributed by atoms with E-state index in [1.807, 2.05) is 0 Å². The first kappa shape index (κ1) is 6.86. The van der Waals surface area contributed by atoms with Crippen LogP contribution in [0, 0.1) is 0 Å². The maximum atomic E-state index is 3.54. The molecule has 2 rings (SSSR count). The summed E-state index contributed by atoms with van der Waals surface area (Å²) < 4.78 is 0. The van der Waals surface area contributed by atoms with Gasteiger partial charge >= 0.3 is 0 Å². The molecule has 1 aliphatic carbocycles. The lowest BCUT2D eigenvalue weighted by atomic mass is 10.0. The Morgan fingerprint density at radius 3 is 2.91 bits per heavy atom. The lowest BCUT2D eigenvalue weighted by Crippen LogP contribution is -1.90. The third kappa shape index (κ3) is 1.05. The van der Waals surface area contributed by atoms with Crippen LogP contribution < -0.4 is 0 Å². The zero-order valence-corrected chi connectivity index (χ0v) is 7.25. The van der Waals surface area contributed by atoms with Gasteiger partial charge in [-0.2, -0.15) is 0 Å². The second kappa shape index (κ2) is 2.66. The van der Waals surface area contributed by atoms with Gasteiger partial charge in [0, 0.05) is 10.2 Å². The minimum absolute atomic E-state index is 0.586. The number of rotatable bonds is 1. The quantitative estimate of drug-likeness (QED) is 0.549. The van der Waals surface area contributed by atoms with E-state index in [9.17, 15) is 0 Å². The van der Waals surface area contributed by atoms with Crippen LogP contribution in [0.4, 0.5) is 0 Å². The highest BCUT2D eigenvalue weighted by Gasteiger charge is 2.13. The molecule has 1 aromatic rings. The first-order valence-electron chi connectivity index (χ1n) is 3.83. The smallest absolute Gasteiger partial charge is 0.0233 e. The molecule has 0 fully saturated rings. The highest BCUT2D eigenvalue weighted by Crippen LogP contribution is 2.31. The molecule has 0 nitrogen and oxygen atoms in total. The van der Waals surface area contributed by atoms with E-state index in [2.05, 4.69) is 46.7 Å². The van der Waals surface area contributed by atoms with Crippen molar-refractivity contribution >= 4 is 16.3 Å². The highest BCUT2D eigenvalue weighted by atomic mass is 28.1. The van der Waals surface area contributed by atoms with Crippen LogP contribution in [0.2, 0.25) is 6.04 Å². The zero-order chi connectivity index (χ0) is 7.68. The molecule has 0 aliphatic heterocycles. The van der Waals surface area contributed by atoms with Crippen LogP contribution in [0.5, 0.6) is 0 Å². The average Bonchev–Trinajstić information content (AvgIpc) is 2.47. The Hall–Kier alpha value is -0.823. The van der Waals surface area contributed by atoms with Gasteiger partial charge < -0.3 is 0 Å². The molecule has 0 aromatic heterocycles. The Morgan fingerprint density at radius 1 is 1.27 bits per heavy atom. The number of hydrogen-bond donors (Lipinski definition) is 0. The largest absolute Gasteiger partial charge is 0.0767 e. The molecular formula is C10H9Si. The van der Waals surface area contributed by atoms with Gasteiger partial charge in [-0.05, 0) is 17.0 Å². The Kier molecular flexibility index (Phi) is 1.66. The van der Waals surface area contributed by atoms with Gasteiger partial charge in [0.1, 0.15) is 0 Å². The van der Waals surface area contributed by atoms with Crippen molar-refractivity contribution in [2.75, 3.05) is 0 Å². The maximum absolute atomic E-state index is 3.54. The molecule has 3 radical (unpaired) electrons. The zero-order valence-electron chi connectivity index (χ0n) is 6.25. The number of allylic oxidation sites excluding steroid dienone is 1. The van der Waals surface area contributed by atoms with E-state index in [0.717, 1.165) is 6.04 Å². The molecule has 0 saturated carbocycles. The topological polar surface area (TPSA) is 0 Å². The van der Waals surface area contributed by atoms with Crippen LogP contribution in [-0.4, -0.2) is 10.2 Å². The fourth-order valence-electron chi connectivity index (χ4n) is 1.50. The summed E-state index contributed by atoms with van der Waals surface area (Å²) in [6.07, 6.45) is 4.44. The normalized spacial score (nSPS) is 20.3. The van der Waals surface area contributed by atoms with Crippen molar-refractivity contribution in [1.29, 1.82) is 0 Å². The van der Waals surface area contributed by atoms with E-state index in [-0.39, 0.29) is 0 Å². The summed E-state index contributed by atoms with van der Waals surface area (Å²) in [4.78, 5) is 0. The highest BCUT2D eigenvalue weighted by molar-refractivity contribution is 6.09. The van der Waals surface area contributed by atoms with E-state index in [1.54, 1.807) is 0 Å². The van der Waals surface area contributed by atoms with Crippen LogP contribution in [0.25, 0.3) is 6.08 Å². The van der Waals surface area contributed by atoms with Gasteiger partial charge in [-0.15, -0.1) is 0 Å². The van der Waals surface area contributed by atoms with Crippen LogP contribution >= 0.6 is 0 Å². The fourth-order valence-corrected chi connectivity index (χ4v) is 1.86. The lowest BCUT2D eigenvalue weighted by molar-refractivity contribution is 0.986. The summed E-state index contributed by atoms with van der Waals surface area (Å²) in [6.45, 7) is 0. The molecule has 1 aliphatic rings. The SMILES string of the molecule is [Si]CC1C=Cc2ccccc21. The molecule has 1 heteroatoms. The summed E-state index contributed by atoms with van der Waals surface area (Å²) in [5.41, 5.74) is 2.82. The van der Waals surface area contributed by atoms with Crippen molar-refractivity contribution < 1.29 is 0 Å². The number of hydrogen-bond acceptors (Lipinski definition) is 0. The predicted molar refractivity (Wildman–Crippen MR) is 48.8 cm³/mol. The Bertz CT molecular complexity index is 289. The van der Waals surface area contributed by atoms with E-state index < -0.39 is 0 Å². The van der Waals surface area contributed by atoms with Crippen molar-refractivity contribution in [3.8, 4) is 0 Å².